The highest BCUT2D eigenvalue weighted by Crippen LogP contribution is 2.35. The number of hydrogen-bond donors (Lipinski definition) is 1. The topological polar surface area (TPSA) is 40.5 Å². The van der Waals surface area contributed by atoms with E-state index in [0.29, 0.717) is 12.1 Å². The number of benzene rings is 3. The number of aliphatic carboxylic acids is 1. The summed E-state index contributed by atoms with van der Waals surface area (Å²) in [4.78, 5) is 13.7. The highest BCUT2D eigenvalue weighted by molar-refractivity contribution is 5.68. The number of carboxylic acid groups (broad SMARTS) is 1. The van der Waals surface area contributed by atoms with Crippen LogP contribution in [0, 0.1) is 5.82 Å². The van der Waals surface area contributed by atoms with Crippen LogP contribution >= 0.6 is 0 Å². The quantitative estimate of drug-likeness (QED) is 0.555. The van der Waals surface area contributed by atoms with Gasteiger partial charge in [0.25, 0.3) is 0 Å². The first kappa shape index (κ1) is 19.8. The van der Waals surface area contributed by atoms with Crippen LogP contribution in [0.15, 0.2) is 84.9 Å². The maximum absolute atomic E-state index is 14.6. The third-order valence-corrected chi connectivity index (χ3v) is 5.02. The van der Waals surface area contributed by atoms with Crippen LogP contribution in [0.5, 0.6) is 0 Å². The van der Waals surface area contributed by atoms with Gasteiger partial charge in [-0.2, -0.15) is 0 Å². The molecule has 3 aromatic carbocycles. The summed E-state index contributed by atoms with van der Waals surface area (Å²) in [5.41, 5.74) is 2.52. The molecular formula is C24H24FNO2. The molecule has 144 valence electrons. The Labute approximate surface area is 165 Å². The molecule has 4 heteroatoms. The van der Waals surface area contributed by atoms with Gasteiger partial charge in [0.05, 0.1) is 6.42 Å². The molecule has 0 saturated carbocycles. The Kier molecular flexibility index (Phi) is 6.56. The third-order valence-electron chi connectivity index (χ3n) is 5.02. The van der Waals surface area contributed by atoms with E-state index in [2.05, 4.69) is 4.90 Å². The van der Waals surface area contributed by atoms with E-state index in [0.717, 1.165) is 11.1 Å². The Bertz CT molecular complexity index is 899. The molecule has 0 spiro atoms. The van der Waals surface area contributed by atoms with E-state index >= 15 is 0 Å². The van der Waals surface area contributed by atoms with Crippen molar-refractivity contribution in [3.05, 3.63) is 107 Å². The molecule has 1 N–H and O–H groups in total. The molecule has 3 aromatic rings. The van der Waals surface area contributed by atoms with Crippen LogP contribution in [0.25, 0.3) is 0 Å². The maximum Gasteiger partial charge on any atom is 0.305 e. The van der Waals surface area contributed by atoms with Crippen LogP contribution < -0.4 is 0 Å². The zero-order valence-corrected chi connectivity index (χ0v) is 15.8. The molecule has 0 aliphatic carbocycles. The van der Waals surface area contributed by atoms with E-state index in [1.54, 1.807) is 18.2 Å². The molecule has 0 aromatic heterocycles. The van der Waals surface area contributed by atoms with Gasteiger partial charge >= 0.3 is 5.97 Å². The lowest BCUT2D eigenvalue weighted by Gasteiger charge is -2.37. The van der Waals surface area contributed by atoms with Crippen LogP contribution in [-0.2, 0) is 11.3 Å². The SMILES string of the molecule is C[C@@H](c1ccccc1)N(Cc1ccccc1)C(CC(=O)O)c1ccccc1F. The predicted molar refractivity (Wildman–Crippen MR) is 108 cm³/mol. The van der Waals surface area contributed by atoms with Gasteiger partial charge < -0.3 is 5.11 Å². The molecule has 0 aliphatic rings. The van der Waals surface area contributed by atoms with E-state index in [1.165, 1.54) is 6.07 Å². The molecular weight excluding hydrogens is 353 g/mol. The van der Waals surface area contributed by atoms with Gasteiger partial charge in [-0.15, -0.1) is 0 Å². The highest BCUT2D eigenvalue weighted by Gasteiger charge is 2.30. The van der Waals surface area contributed by atoms with E-state index in [1.807, 2.05) is 67.6 Å². The Morgan fingerprint density at radius 3 is 2.11 bits per heavy atom. The third kappa shape index (κ3) is 4.84. The molecule has 2 atom stereocenters. The van der Waals surface area contributed by atoms with Crippen LogP contribution in [-0.4, -0.2) is 16.0 Å². The number of carboxylic acids is 1. The molecule has 3 nitrogen and oxygen atoms in total. The number of nitrogens with zero attached hydrogens (tertiary/aromatic N) is 1. The van der Waals surface area contributed by atoms with Gasteiger partial charge in [-0.05, 0) is 24.1 Å². The van der Waals surface area contributed by atoms with Crippen molar-refractivity contribution in [2.24, 2.45) is 0 Å². The minimum absolute atomic E-state index is 0.0923. The normalized spacial score (nSPS) is 13.2. The lowest BCUT2D eigenvalue weighted by molar-refractivity contribution is -0.138. The minimum Gasteiger partial charge on any atom is -0.481 e. The zero-order chi connectivity index (χ0) is 19.9. The Morgan fingerprint density at radius 1 is 0.929 bits per heavy atom. The Morgan fingerprint density at radius 2 is 1.50 bits per heavy atom. The summed E-state index contributed by atoms with van der Waals surface area (Å²) in [5.74, 6) is -1.33. The van der Waals surface area contributed by atoms with Gasteiger partial charge in [-0.25, -0.2) is 4.39 Å². The Hall–Kier alpha value is -2.98. The average Bonchev–Trinajstić information content (AvgIpc) is 2.72. The fourth-order valence-electron chi connectivity index (χ4n) is 3.55. The molecule has 0 saturated heterocycles. The summed E-state index contributed by atoms with van der Waals surface area (Å²) in [7, 11) is 0. The fraction of sp³-hybridized carbons (Fsp3) is 0.208. The molecule has 0 fully saturated rings. The predicted octanol–water partition coefficient (Wildman–Crippen LogP) is 5.60. The zero-order valence-electron chi connectivity index (χ0n) is 15.8. The van der Waals surface area contributed by atoms with Crippen LogP contribution in [0.1, 0.15) is 42.1 Å². The van der Waals surface area contributed by atoms with Gasteiger partial charge in [0.2, 0.25) is 0 Å². The second kappa shape index (κ2) is 9.29. The summed E-state index contributed by atoms with van der Waals surface area (Å²) in [5, 5.41) is 9.55. The largest absolute Gasteiger partial charge is 0.481 e. The number of halogens is 1. The van der Waals surface area contributed by atoms with E-state index in [4.69, 9.17) is 0 Å². The molecule has 0 radical (unpaired) electrons. The number of hydrogen-bond acceptors (Lipinski definition) is 2. The van der Waals surface area contributed by atoms with Crippen molar-refractivity contribution in [2.75, 3.05) is 0 Å². The monoisotopic (exact) mass is 377 g/mol. The van der Waals surface area contributed by atoms with E-state index in [-0.39, 0.29) is 18.3 Å². The van der Waals surface area contributed by atoms with Crippen molar-refractivity contribution < 1.29 is 14.3 Å². The molecule has 1 unspecified atom stereocenters. The summed E-state index contributed by atoms with van der Waals surface area (Å²) in [6.45, 7) is 2.55. The average molecular weight is 377 g/mol. The molecule has 3 rings (SSSR count). The van der Waals surface area contributed by atoms with Crippen LogP contribution in [0.3, 0.4) is 0 Å². The van der Waals surface area contributed by atoms with Gasteiger partial charge in [0.1, 0.15) is 5.82 Å². The van der Waals surface area contributed by atoms with Gasteiger partial charge in [0, 0.05) is 24.2 Å². The van der Waals surface area contributed by atoms with Gasteiger partial charge in [-0.1, -0.05) is 78.9 Å². The van der Waals surface area contributed by atoms with Crippen molar-refractivity contribution in [3.63, 3.8) is 0 Å². The number of rotatable bonds is 8. The van der Waals surface area contributed by atoms with Gasteiger partial charge in [0.15, 0.2) is 0 Å². The van der Waals surface area contributed by atoms with Gasteiger partial charge in [-0.3, -0.25) is 9.69 Å². The van der Waals surface area contributed by atoms with E-state index in [9.17, 15) is 14.3 Å². The summed E-state index contributed by atoms with van der Waals surface area (Å²) < 4.78 is 14.6. The first-order chi connectivity index (χ1) is 13.6. The van der Waals surface area contributed by atoms with Crippen molar-refractivity contribution >= 4 is 5.97 Å². The second-order valence-corrected chi connectivity index (χ2v) is 6.88. The lowest BCUT2D eigenvalue weighted by atomic mass is 9.96. The Balaban J connectivity index is 2.05. The molecule has 0 amide bonds. The lowest BCUT2D eigenvalue weighted by Crippen LogP contribution is -2.33. The highest BCUT2D eigenvalue weighted by atomic mass is 19.1. The molecule has 0 aliphatic heterocycles. The summed E-state index contributed by atoms with van der Waals surface area (Å²) in [6, 6.07) is 25.5. The maximum atomic E-state index is 14.6. The van der Waals surface area contributed by atoms with Crippen molar-refractivity contribution in [1.82, 2.24) is 4.90 Å². The summed E-state index contributed by atoms with van der Waals surface area (Å²) >= 11 is 0. The standard InChI is InChI=1S/C24H24FNO2/c1-18(20-12-6-3-7-13-20)26(17-19-10-4-2-5-11-19)23(16-24(27)28)21-14-8-9-15-22(21)25/h2-15,18,23H,16-17H2,1H3,(H,27,28)/t18-,23?/m0/s1. The fourth-order valence-corrected chi connectivity index (χ4v) is 3.55. The first-order valence-electron chi connectivity index (χ1n) is 9.37. The molecule has 28 heavy (non-hydrogen) atoms. The molecule has 0 bridgehead atoms. The first-order valence-corrected chi connectivity index (χ1v) is 9.37. The van der Waals surface area contributed by atoms with Crippen molar-refractivity contribution in [3.8, 4) is 0 Å². The molecule has 0 heterocycles. The summed E-state index contributed by atoms with van der Waals surface area (Å²) in [6.07, 6.45) is -0.176. The second-order valence-electron chi connectivity index (χ2n) is 6.88. The van der Waals surface area contributed by atoms with Crippen LogP contribution in [0.4, 0.5) is 4.39 Å². The minimum atomic E-state index is -0.952. The number of carbonyl (C=O) groups is 1. The van der Waals surface area contributed by atoms with Crippen molar-refractivity contribution in [1.29, 1.82) is 0 Å². The van der Waals surface area contributed by atoms with Crippen LogP contribution in [0.2, 0.25) is 0 Å². The van der Waals surface area contributed by atoms with E-state index < -0.39 is 12.0 Å². The van der Waals surface area contributed by atoms with Crippen molar-refractivity contribution in [2.45, 2.75) is 32.0 Å². The smallest absolute Gasteiger partial charge is 0.305 e.